The average molecular weight is 173 g/mol. The summed E-state index contributed by atoms with van der Waals surface area (Å²) < 4.78 is 0. The predicted octanol–water partition coefficient (Wildman–Crippen LogP) is 0.918. The van der Waals surface area contributed by atoms with E-state index in [1.807, 2.05) is 6.92 Å². The summed E-state index contributed by atoms with van der Waals surface area (Å²) in [4.78, 5) is 0. The van der Waals surface area contributed by atoms with Crippen LogP contribution >= 0.6 is 0 Å². The van der Waals surface area contributed by atoms with Crippen LogP contribution in [0.25, 0.3) is 0 Å². The highest BCUT2D eigenvalue weighted by molar-refractivity contribution is 4.86. The van der Waals surface area contributed by atoms with E-state index in [4.69, 9.17) is 17.2 Å². The summed E-state index contributed by atoms with van der Waals surface area (Å²) in [5, 5.41) is 0. The molecule has 0 fully saturated rings. The van der Waals surface area contributed by atoms with E-state index >= 15 is 0 Å². The second kappa shape index (κ2) is 5.51. The van der Waals surface area contributed by atoms with Gasteiger partial charge in [-0.15, -0.1) is 0 Å². The van der Waals surface area contributed by atoms with Gasteiger partial charge in [-0.1, -0.05) is 33.1 Å². The second-order valence-corrected chi connectivity index (χ2v) is 3.57. The van der Waals surface area contributed by atoms with Gasteiger partial charge in [-0.2, -0.15) is 0 Å². The van der Waals surface area contributed by atoms with E-state index < -0.39 is 5.66 Å². The van der Waals surface area contributed by atoms with Crippen LogP contribution in [0.2, 0.25) is 0 Å². The zero-order chi connectivity index (χ0) is 9.61. The predicted molar refractivity (Wildman–Crippen MR) is 53.5 cm³/mol. The van der Waals surface area contributed by atoms with Crippen molar-refractivity contribution >= 4 is 0 Å². The number of nitrogens with two attached hydrogens (primary N) is 3. The minimum Gasteiger partial charge on any atom is -0.325 e. The lowest BCUT2D eigenvalue weighted by Gasteiger charge is -2.29. The Balaban J connectivity index is 3.63. The SMILES string of the molecule is CCCCCC(N)C(N)(N)CC. The van der Waals surface area contributed by atoms with Crippen molar-refractivity contribution < 1.29 is 0 Å². The molecule has 0 saturated heterocycles. The average Bonchev–Trinajstić information content (AvgIpc) is 2.05. The number of hydrogen-bond acceptors (Lipinski definition) is 3. The second-order valence-electron chi connectivity index (χ2n) is 3.57. The van der Waals surface area contributed by atoms with E-state index in [0.717, 1.165) is 19.3 Å². The Bertz CT molecular complexity index is 112. The normalized spacial score (nSPS) is 14.8. The van der Waals surface area contributed by atoms with Gasteiger partial charge in [0, 0.05) is 6.04 Å². The molecule has 0 heterocycles. The molecule has 0 aromatic heterocycles. The fourth-order valence-electron chi connectivity index (χ4n) is 1.15. The molecule has 1 atom stereocenters. The van der Waals surface area contributed by atoms with Crippen LogP contribution in [0, 0.1) is 0 Å². The molecule has 0 aromatic carbocycles. The molecule has 12 heavy (non-hydrogen) atoms. The highest BCUT2D eigenvalue weighted by atomic mass is 15.0. The molecule has 0 amide bonds. The minimum absolute atomic E-state index is 0.0611. The van der Waals surface area contributed by atoms with Gasteiger partial charge in [-0.25, -0.2) is 0 Å². The molecule has 0 aliphatic carbocycles. The first-order chi connectivity index (χ1) is 5.54. The minimum atomic E-state index is -0.673. The third kappa shape index (κ3) is 4.04. The van der Waals surface area contributed by atoms with Crippen molar-refractivity contribution in [2.45, 2.75) is 57.7 Å². The van der Waals surface area contributed by atoms with Crippen molar-refractivity contribution in [2.24, 2.45) is 17.2 Å². The lowest BCUT2D eigenvalue weighted by molar-refractivity contribution is 0.321. The van der Waals surface area contributed by atoms with E-state index in [-0.39, 0.29) is 6.04 Å². The topological polar surface area (TPSA) is 78.1 Å². The molecule has 0 aromatic rings. The first-order valence-electron chi connectivity index (χ1n) is 4.88. The Morgan fingerprint density at radius 2 is 1.75 bits per heavy atom. The van der Waals surface area contributed by atoms with Crippen LogP contribution < -0.4 is 17.2 Å². The third-order valence-electron chi connectivity index (χ3n) is 2.42. The summed E-state index contributed by atoms with van der Waals surface area (Å²) in [5.74, 6) is 0. The number of unbranched alkanes of at least 4 members (excludes halogenated alkanes) is 2. The Hall–Kier alpha value is -0.120. The van der Waals surface area contributed by atoms with Gasteiger partial charge in [0.25, 0.3) is 0 Å². The summed E-state index contributed by atoms with van der Waals surface area (Å²) >= 11 is 0. The molecule has 0 saturated carbocycles. The van der Waals surface area contributed by atoms with Gasteiger partial charge >= 0.3 is 0 Å². The molecule has 0 aliphatic rings. The molecule has 6 N–H and O–H groups in total. The van der Waals surface area contributed by atoms with Crippen LogP contribution in [-0.4, -0.2) is 11.7 Å². The van der Waals surface area contributed by atoms with Crippen LogP contribution in [0.15, 0.2) is 0 Å². The standard InChI is InChI=1S/C9H23N3/c1-3-5-6-7-8(10)9(11,12)4-2/h8H,3-7,10-12H2,1-2H3. The molecule has 3 heteroatoms. The van der Waals surface area contributed by atoms with Crippen molar-refractivity contribution in [3.8, 4) is 0 Å². The smallest absolute Gasteiger partial charge is 0.0789 e. The van der Waals surface area contributed by atoms with Gasteiger partial charge < -0.3 is 17.2 Å². The van der Waals surface area contributed by atoms with Gasteiger partial charge in [0.1, 0.15) is 0 Å². The summed E-state index contributed by atoms with van der Waals surface area (Å²) in [5.41, 5.74) is 16.8. The largest absolute Gasteiger partial charge is 0.325 e. The molecule has 0 radical (unpaired) electrons. The Morgan fingerprint density at radius 3 is 2.17 bits per heavy atom. The van der Waals surface area contributed by atoms with E-state index in [1.54, 1.807) is 0 Å². The quantitative estimate of drug-likeness (QED) is 0.413. The van der Waals surface area contributed by atoms with Crippen molar-refractivity contribution in [2.75, 3.05) is 0 Å². The number of hydrogen-bond donors (Lipinski definition) is 3. The fourth-order valence-corrected chi connectivity index (χ4v) is 1.15. The summed E-state index contributed by atoms with van der Waals surface area (Å²) in [6, 6.07) is -0.0611. The highest BCUT2D eigenvalue weighted by Gasteiger charge is 2.24. The molecule has 74 valence electrons. The monoisotopic (exact) mass is 173 g/mol. The van der Waals surface area contributed by atoms with Crippen molar-refractivity contribution in [1.82, 2.24) is 0 Å². The first kappa shape index (κ1) is 11.9. The van der Waals surface area contributed by atoms with Crippen LogP contribution in [0.4, 0.5) is 0 Å². The molecule has 0 rings (SSSR count). The Labute approximate surface area is 75.7 Å². The molecule has 0 spiro atoms. The Morgan fingerprint density at radius 1 is 1.17 bits per heavy atom. The lowest BCUT2D eigenvalue weighted by Crippen LogP contribution is -2.61. The lowest BCUT2D eigenvalue weighted by atomic mass is 9.95. The summed E-state index contributed by atoms with van der Waals surface area (Å²) in [6.45, 7) is 4.14. The molecular formula is C9H23N3. The zero-order valence-electron chi connectivity index (χ0n) is 8.34. The highest BCUT2D eigenvalue weighted by Crippen LogP contribution is 2.10. The maximum absolute atomic E-state index is 5.85. The zero-order valence-corrected chi connectivity index (χ0v) is 8.34. The van der Waals surface area contributed by atoms with Crippen LogP contribution in [0.1, 0.15) is 46.0 Å². The van der Waals surface area contributed by atoms with Gasteiger partial charge in [0.05, 0.1) is 5.66 Å². The molecule has 0 bridgehead atoms. The third-order valence-corrected chi connectivity index (χ3v) is 2.42. The van der Waals surface area contributed by atoms with E-state index in [2.05, 4.69) is 6.92 Å². The first-order valence-corrected chi connectivity index (χ1v) is 4.88. The van der Waals surface area contributed by atoms with Crippen LogP contribution in [0.3, 0.4) is 0 Å². The van der Waals surface area contributed by atoms with Gasteiger partial charge in [0.2, 0.25) is 0 Å². The summed E-state index contributed by atoms with van der Waals surface area (Å²) in [7, 11) is 0. The fraction of sp³-hybridized carbons (Fsp3) is 1.00. The van der Waals surface area contributed by atoms with Crippen LogP contribution in [-0.2, 0) is 0 Å². The molecule has 3 nitrogen and oxygen atoms in total. The van der Waals surface area contributed by atoms with Gasteiger partial charge in [-0.05, 0) is 12.8 Å². The van der Waals surface area contributed by atoms with Crippen molar-refractivity contribution in [3.63, 3.8) is 0 Å². The van der Waals surface area contributed by atoms with Crippen LogP contribution in [0.5, 0.6) is 0 Å². The molecule has 0 aliphatic heterocycles. The van der Waals surface area contributed by atoms with E-state index in [1.165, 1.54) is 12.8 Å². The molecular weight excluding hydrogens is 150 g/mol. The maximum Gasteiger partial charge on any atom is 0.0789 e. The Kier molecular flexibility index (Phi) is 5.46. The number of rotatable bonds is 6. The van der Waals surface area contributed by atoms with Gasteiger partial charge in [0.15, 0.2) is 0 Å². The maximum atomic E-state index is 5.85. The summed E-state index contributed by atoms with van der Waals surface area (Å²) in [6.07, 6.45) is 5.23. The van der Waals surface area contributed by atoms with Crippen molar-refractivity contribution in [1.29, 1.82) is 0 Å². The van der Waals surface area contributed by atoms with Crippen molar-refractivity contribution in [3.05, 3.63) is 0 Å². The van der Waals surface area contributed by atoms with E-state index in [9.17, 15) is 0 Å². The van der Waals surface area contributed by atoms with Gasteiger partial charge in [-0.3, -0.25) is 0 Å². The molecule has 1 unspecified atom stereocenters. The van der Waals surface area contributed by atoms with E-state index in [0.29, 0.717) is 0 Å².